The standard InChI is InChI=1S/2Li.H2NOP/c;;1-2-3/h;;3H2/q2*+1;-2. The van der Waals surface area contributed by atoms with E-state index in [1.165, 1.54) is 0 Å². The first kappa shape index (κ1) is 16.0. The zero-order valence-electron chi connectivity index (χ0n) is 3.43. The molecule has 0 aliphatic heterocycles. The van der Waals surface area contributed by atoms with E-state index in [2.05, 4.69) is 4.62 Å². The van der Waals surface area contributed by atoms with Gasteiger partial charge in [0.15, 0.2) is 0 Å². The molecule has 20 valence electrons. The van der Waals surface area contributed by atoms with Gasteiger partial charge in [0.2, 0.25) is 0 Å². The molecule has 2 nitrogen and oxygen atoms in total. The van der Waals surface area contributed by atoms with Crippen LogP contribution in [0.5, 0.6) is 0 Å². The van der Waals surface area contributed by atoms with Gasteiger partial charge in [0.1, 0.15) is 0 Å². The summed E-state index contributed by atoms with van der Waals surface area (Å²) in [5.74, 6) is 7.03. The van der Waals surface area contributed by atoms with Crippen LogP contribution in [0.4, 0.5) is 0 Å². The molecular formula is H2Li2NOP. The molecule has 5 heteroatoms. The summed E-state index contributed by atoms with van der Waals surface area (Å²) >= 11 is 0. The molecule has 0 N–H and O–H groups in total. The van der Waals surface area contributed by atoms with Gasteiger partial charge in [-0.15, -0.1) is 0 Å². The second-order valence-electron chi connectivity index (χ2n) is 0.105. The summed E-state index contributed by atoms with van der Waals surface area (Å²) in [6.07, 6.45) is 0. The van der Waals surface area contributed by atoms with Gasteiger partial charge in [-0.3, -0.25) is 0 Å². The van der Waals surface area contributed by atoms with Crippen LogP contribution in [-0.4, -0.2) is 0 Å². The van der Waals surface area contributed by atoms with Gasteiger partial charge in [-0.05, 0) is 0 Å². The van der Waals surface area contributed by atoms with E-state index in [1.807, 2.05) is 0 Å². The Morgan fingerprint density at radius 2 is 1.40 bits per heavy atom. The number of hydrogen-bond acceptors (Lipinski definition) is 1. The van der Waals surface area contributed by atoms with Crippen LogP contribution in [0.15, 0.2) is 0 Å². The minimum absolute atomic E-state index is 0. The Labute approximate surface area is 57.8 Å². The SMILES string of the molecule is [Li+].[Li+].[N-2]OP. The third-order valence-corrected chi connectivity index (χ3v) is 0. The van der Waals surface area contributed by atoms with Gasteiger partial charge >= 0.3 is 37.7 Å². The van der Waals surface area contributed by atoms with Crippen molar-refractivity contribution in [3.63, 3.8) is 0 Å². The predicted molar refractivity (Wildman–Crippen MR) is 14.2 cm³/mol. The molecular weight excluding hydrogens is 74.9 g/mol. The normalized spacial score (nSPS) is 3.60. The topological polar surface area (TPSA) is 31.5 Å². The number of rotatable bonds is 0. The Morgan fingerprint density at radius 1 is 1.40 bits per heavy atom. The summed E-state index contributed by atoms with van der Waals surface area (Å²) in [7, 11) is 1.63. The summed E-state index contributed by atoms with van der Waals surface area (Å²) in [4.78, 5) is 0. The van der Waals surface area contributed by atoms with Crippen molar-refractivity contribution >= 4 is 9.47 Å². The molecule has 0 rings (SSSR count). The molecule has 0 aromatic carbocycles. The van der Waals surface area contributed by atoms with Gasteiger partial charge in [-0.2, -0.15) is 0 Å². The van der Waals surface area contributed by atoms with Crippen LogP contribution in [0.3, 0.4) is 0 Å². The molecule has 0 aromatic heterocycles. The fraction of sp³-hybridized carbons (Fsp3) is 0. The average molecular weight is 76.9 g/mol. The third kappa shape index (κ3) is 29.2. The summed E-state index contributed by atoms with van der Waals surface area (Å²) < 4.78 is 3.17. The maximum Gasteiger partial charge on any atom is 1.00 e. The fourth-order valence-corrected chi connectivity index (χ4v) is 0. The third-order valence-electron chi connectivity index (χ3n) is 0. The molecule has 5 heavy (non-hydrogen) atoms. The van der Waals surface area contributed by atoms with Crippen molar-refractivity contribution in [2.24, 2.45) is 0 Å². The van der Waals surface area contributed by atoms with Crippen molar-refractivity contribution in [1.82, 2.24) is 0 Å². The Bertz CT molecular complexity index is 9.61. The van der Waals surface area contributed by atoms with Gasteiger partial charge in [0.25, 0.3) is 0 Å². The maximum atomic E-state index is 7.03. The van der Waals surface area contributed by atoms with Crippen LogP contribution in [-0.2, 0) is 4.62 Å². The minimum Gasteiger partial charge on any atom is -1.42 e. The summed E-state index contributed by atoms with van der Waals surface area (Å²) in [5.41, 5.74) is 0. The Balaban J connectivity index is -0.0000000200. The molecule has 1 atom stereocenters. The molecule has 0 saturated heterocycles. The molecule has 0 bridgehead atoms. The zero-order valence-corrected chi connectivity index (χ0v) is 4.59. The van der Waals surface area contributed by atoms with E-state index in [0.717, 1.165) is 0 Å². The van der Waals surface area contributed by atoms with Crippen LogP contribution < -0.4 is 37.7 Å². The van der Waals surface area contributed by atoms with Crippen molar-refractivity contribution < 1.29 is 42.3 Å². The predicted octanol–water partition coefficient (Wildman–Crippen LogP) is -5.45. The van der Waals surface area contributed by atoms with Crippen LogP contribution in [0, 0.1) is 0 Å². The van der Waals surface area contributed by atoms with Crippen molar-refractivity contribution in [1.29, 1.82) is 0 Å². The van der Waals surface area contributed by atoms with E-state index in [0.29, 0.717) is 0 Å². The van der Waals surface area contributed by atoms with E-state index in [1.54, 1.807) is 9.47 Å². The molecule has 0 saturated carbocycles. The smallest absolute Gasteiger partial charge is 1.00 e. The number of hydrogen-bond donors (Lipinski definition) is 0. The summed E-state index contributed by atoms with van der Waals surface area (Å²) in [6.45, 7) is 0. The second kappa shape index (κ2) is 17.7. The molecule has 0 amide bonds. The van der Waals surface area contributed by atoms with Gasteiger partial charge < -0.3 is 10.5 Å². The van der Waals surface area contributed by atoms with Crippen molar-refractivity contribution in [2.45, 2.75) is 0 Å². The maximum absolute atomic E-state index is 7.03. The van der Waals surface area contributed by atoms with E-state index < -0.39 is 0 Å². The summed E-state index contributed by atoms with van der Waals surface area (Å²) in [5, 5.41) is 0. The first-order valence-corrected chi connectivity index (χ1v) is 0.890. The Morgan fingerprint density at radius 3 is 1.40 bits per heavy atom. The number of nitrogens with zero attached hydrogens (tertiary/aromatic N) is 1. The van der Waals surface area contributed by atoms with E-state index in [-0.39, 0.29) is 37.7 Å². The monoisotopic (exact) mass is 77.0 g/mol. The van der Waals surface area contributed by atoms with Crippen molar-refractivity contribution in [3.05, 3.63) is 5.90 Å². The van der Waals surface area contributed by atoms with Crippen LogP contribution in [0.2, 0.25) is 0 Å². The first-order chi connectivity index (χ1) is 1.41. The van der Waals surface area contributed by atoms with Gasteiger partial charge in [-0.25, -0.2) is 0 Å². The average Bonchev–Trinajstić information content (AvgIpc) is 0.918. The van der Waals surface area contributed by atoms with E-state index in [9.17, 15) is 0 Å². The Kier molecular flexibility index (Phi) is 56.6. The molecule has 0 aliphatic carbocycles. The first-order valence-electron chi connectivity index (χ1n) is 0.418. The van der Waals surface area contributed by atoms with Gasteiger partial charge in [0, 0.05) is 0 Å². The zero-order chi connectivity index (χ0) is 2.71. The van der Waals surface area contributed by atoms with Crippen molar-refractivity contribution in [2.75, 3.05) is 0 Å². The molecule has 1 unspecified atom stereocenters. The van der Waals surface area contributed by atoms with Crippen LogP contribution >= 0.6 is 9.47 Å². The minimum atomic E-state index is 0. The quantitative estimate of drug-likeness (QED) is 0.161. The van der Waals surface area contributed by atoms with E-state index >= 15 is 0 Å². The Hall–Kier alpha value is 1.54. The van der Waals surface area contributed by atoms with Gasteiger partial charge in [0.05, 0.1) is 0 Å². The molecule has 0 heterocycles. The largest absolute Gasteiger partial charge is 1.42 e. The van der Waals surface area contributed by atoms with Crippen molar-refractivity contribution in [3.8, 4) is 0 Å². The molecule has 0 aromatic rings. The van der Waals surface area contributed by atoms with E-state index in [4.69, 9.17) is 5.90 Å². The van der Waals surface area contributed by atoms with Gasteiger partial charge in [-0.1, -0.05) is 9.47 Å². The fourth-order valence-electron chi connectivity index (χ4n) is 0. The molecule has 0 aliphatic rings. The summed E-state index contributed by atoms with van der Waals surface area (Å²) in [6, 6.07) is 0. The van der Waals surface area contributed by atoms with Crippen LogP contribution in [0.25, 0.3) is 5.90 Å². The molecule has 0 radical (unpaired) electrons. The van der Waals surface area contributed by atoms with Crippen LogP contribution in [0.1, 0.15) is 0 Å². The molecule has 0 fully saturated rings. The molecule has 0 spiro atoms. The second-order valence-corrected chi connectivity index (χ2v) is 0.316.